The molecule has 0 saturated carbocycles. The normalized spacial score (nSPS) is 19.1. The quantitative estimate of drug-likeness (QED) is 0.124. The SMILES string of the molecule is CNC(=S)NCc1c(C(NN2CCCCC2)OC)nn(-c2ccc(Cl)cc2Cl)c1C1SC(C#Cc2ccc(C(F)(F)F)cc2)=CC1C. The Labute approximate surface area is 292 Å². The summed E-state index contributed by atoms with van der Waals surface area (Å²) in [6.07, 6.45) is 0.477. The van der Waals surface area contributed by atoms with Gasteiger partial charge in [-0.3, -0.25) is 0 Å². The molecule has 0 radical (unpaired) electrons. The average molecular weight is 724 g/mol. The number of thioether (sulfide) groups is 1. The van der Waals surface area contributed by atoms with Crippen LogP contribution in [0.25, 0.3) is 5.69 Å². The van der Waals surface area contributed by atoms with E-state index >= 15 is 0 Å². The molecule has 3 aromatic rings. The molecule has 250 valence electrons. The maximum atomic E-state index is 13.0. The monoisotopic (exact) mass is 722 g/mol. The number of rotatable bonds is 8. The van der Waals surface area contributed by atoms with Gasteiger partial charge in [-0.2, -0.15) is 18.3 Å². The molecule has 5 rings (SSSR count). The van der Waals surface area contributed by atoms with Crippen LogP contribution in [0.1, 0.15) is 65.7 Å². The van der Waals surface area contributed by atoms with Crippen LogP contribution in [0.4, 0.5) is 13.2 Å². The van der Waals surface area contributed by atoms with Crippen molar-refractivity contribution in [3.8, 4) is 17.5 Å². The van der Waals surface area contributed by atoms with E-state index in [1.165, 1.54) is 18.6 Å². The molecule has 3 heterocycles. The lowest BCUT2D eigenvalue weighted by atomic mass is 9.99. The highest BCUT2D eigenvalue weighted by Gasteiger charge is 2.36. The molecule has 47 heavy (non-hydrogen) atoms. The Balaban J connectivity index is 1.56. The molecule has 3 atom stereocenters. The van der Waals surface area contributed by atoms with E-state index in [0.717, 1.165) is 54.2 Å². The van der Waals surface area contributed by atoms with Gasteiger partial charge in [0.05, 0.1) is 32.1 Å². The van der Waals surface area contributed by atoms with Crippen LogP contribution < -0.4 is 16.1 Å². The van der Waals surface area contributed by atoms with Crippen molar-refractivity contribution < 1.29 is 17.9 Å². The van der Waals surface area contributed by atoms with Gasteiger partial charge < -0.3 is 15.4 Å². The number of piperidine rings is 1. The second-order valence-corrected chi connectivity index (χ2v) is 13.7. The number of nitrogens with one attached hydrogen (secondary N) is 3. The molecule has 2 aliphatic heterocycles. The minimum absolute atomic E-state index is 0.0114. The second-order valence-electron chi connectivity index (χ2n) is 11.2. The smallest absolute Gasteiger partial charge is 0.366 e. The van der Waals surface area contributed by atoms with Crippen molar-refractivity contribution in [3.05, 3.63) is 91.6 Å². The molecule has 0 aliphatic carbocycles. The lowest BCUT2D eigenvalue weighted by molar-refractivity contribution is -0.137. The summed E-state index contributed by atoms with van der Waals surface area (Å²) in [5.74, 6) is 6.20. The molecular formula is C33H35Cl2F3N6OS2. The van der Waals surface area contributed by atoms with E-state index in [9.17, 15) is 13.2 Å². The van der Waals surface area contributed by atoms with Crippen molar-refractivity contribution in [2.24, 2.45) is 5.92 Å². The van der Waals surface area contributed by atoms with Gasteiger partial charge in [0, 0.05) is 49.9 Å². The van der Waals surface area contributed by atoms with E-state index < -0.39 is 18.0 Å². The summed E-state index contributed by atoms with van der Waals surface area (Å²) >= 11 is 20.1. The van der Waals surface area contributed by atoms with Gasteiger partial charge in [-0.1, -0.05) is 54.5 Å². The minimum atomic E-state index is -4.40. The van der Waals surface area contributed by atoms with Crippen LogP contribution in [0.3, 0.4) is 0 Å². The van der Waals surface area contributed by atoms with Crippen molar-refractivity contribution in [3.63, 3.8) is 0 Å². The van der Waals surface area contributed by atoms with Gasteiger partial charge in [-0.05, 0) is 73.4 Å². The average Bonchev–Trinajstić information content (AvgIpc) is 3.60. The molecule has 3 N–H and O–H groups in total. The predicted octanol–water partition coefficient (Wildman–Crippen LogP) is 7.79. The fraction of sp³-hybridized carbons (Fsp3) is 0.394. The van der Waals surface area contributed by atoms with Gasteiger partial charge in [0.15, 0.2) is 11.3 Å². The summed E-state index contributed by atoms with van der Waals surface area (Å²) in [6.45, 7) is 4.25. The van der Waals surface area contributed by atoms with Crippen LogP contribution in [0.5, 0.6) is 0 Å². The Bertz CT molecular complexity index is 1680. The molecule has 1 fully saturated rings. The number of nitrogens with zero attached hydrogens (tertiary/aromatic N) is 3. The lowest BCUT2D eigenvalue weighted by Gasteiger charge is -2.30. The molecule has 1 saturated heterocycles. The molecule has 0 amide bonds. The molecule has 7 nitrogen and oxygen atoms in total. The van der Waals surface area contributed by atoms with E-state index in [4.69, 9.17) is 45.3 Å². The second kappa shape index (κ2) is 15.6. The molecular weight excluding hydrogens is 688 g/mol. The summed E-state index contributed by atoms with van der Waals surface area (Å²) in [6, 6.07) is 10.1. The van der Waals surface area contributed by atoms with Crippen LogP contribution in [0.2, 0.25) is 10.0 Å². The number of aromatic nitrogens is 2. The Morgan fingerprint density at radius 3 is 2.49 bits per heavy atom. The Morgan fingerprint density at radius 2 is 1.85 bits per heavy atom. The number of benzene rings is 2. The standard InChI is InChI=1S/C33H35Cl2F3N6OS2/c1-20-17-24(13-9-21-7-10-22(11-8-21)33(36,37)38)47-30(20)29-25(19-40-32(46)39-2)28(31(45-3)42-43-15-5-4-6-16-43)41-44(29)27-14-12-23(34)18-26(27)35/h7-8,10-12,14,17-18,20,30-31,42H,4-6,15-16,19H2,1-3H3,(H2,39,40,46). The highest BCUT2D eigenvalue weighted by atomic mass is 35.5. The van der Waals surface area contributed by atoms with Gasteiger partial charge in [-0.25, -0.2) is 15.1 Å². The third-order valence-electron chi connectivity index (χ3n) is 7.94. The Morgan fingerprint density at radius 1 is 1.13 bits per heavy atom. The van der Waals surface area contributed by atoms with Crippen LogP contribution >= 0.6 is 47.2 Å². The predicted molar refractivity (Wildman–Crippen MR) is 186 cm³/mol. The molecule has 0 spiro atoms. The number of hydrogen-bond donors (Lipinski definition) is 3. The van der Waals surface area contributed by atoms with E-state index in [1.54, 1.807) is 38.1 Å². The fourth-order valence-corrected chi connectivity index (χ4v) is 7.42. The third-order valence-corrected chi connectivity index (χ3v) is 10.2. The number of ether oxygens (including phenoxy) is 1. The van der Waals surface area contributed by atoms with E-state index in [1.807, 2.05) is 10.7 Å². The topological polar surface area (TPSA) is 66.4 Å². The zero-order chi connectivity index (χ0) is 33.7. The van der Waals surface area contributed by atoms with Crippen molar-refractivity contribution in [2.75, 3.05) is 27.2 Å². The minimum Gasteiger partial charge on any atom is -0.366 e. The van der Waals surface area contributed by atoms with Crippen molar-refractivity contribution >= 4 is 52.3 Å². The Hall–Kier alpha value is -2.76. The number of allylic oxidation sites excluding steroid dienone is 2. The van der Waals surface area contributed by atoms with Crippen molar-refractivity contribution in [2.45, 2.75) is 50.4 Å². The Kier molecular flexibility index (Phi) is 11.8. The fourth-order valence-electron chi connectivity index (χ4n) is 5.53. The van der Waals surface area contributed by atoms with Crippen molar-refractivity contribution in [1.82, 2.24) is 30.8 Å². The maximum absolute atomic E-state index is 13.0. The van der Waals surface area contributed by atoms with Gasteiger partial charge >= 0.3 is 6.18 Å². The molecule has 14 heteroatoms. The largest absolute Gasteiger partial charge is 0.416 e. The zero-order valence-corrected chi connectivity index (χ0v) is 29.2. The maximum Gasteiger partial charge on any atom is 0.416 e. The molecule has 2 aromatic carbocycles. The van der Waals surface area contributed by atoms with Gasteiger partial charge in [0.25, 0.3) is 0 Å². The van der Waals surface area contributed by atoms with Crippen LogP contribution in [0, 0.1) is 17.8 Å². The zero-order valence-electron chi connectivity index (χ0n) is 26.0. The first-order chi connectivity index (χ1) is 22.5. The third kappa shape index (κ3) is 8.64. The summed E-state index contributed by atoms with van der Waals surface area (Å²) in [5, 5.41) is 14.8. The van der Waals surface area contributed by atoms with Crippen LogP contribution in [-0.2, 0) is 17.5 Å². The number of hydrazine groups is 1. The van der Waals surface area contributed by atoms with Crippen molar-refractivity contribution in [1.29, 1.82) is 0 Å². The highest BCUT2D eigenvalue weighted by Crippen LogP contribution is 2.50. The van der Waals surface area contributed by atoms with Gasteiger partial charge in [-0.15, -0.1) is 11.8 Å². The first kappa shape index (κ1) is 35.5. The number of alkyl halides is 3. The van der Waals surface area contributed by atoms with Gasteiger partial charge in [0.2, 0.25) is 0 Å². The van der Waals surface area contributed by atoms with Gasteiger partial charge in [0.1, 0.15) is 5.69 Å². The molecule has 0 bridgehead atoms. The highest BCUT2D eigenvalue weighted by molar-refractivity contribution is 8.03. The number of halogens is 5. The van der Waals surface area contributed by atoms with Crippen LogP contribution in [-0.4, -0.2) is 47.1 Å². The summed E-state index contributed by atoms with van der Waals surface area (Å²) < 4.78 is 47.0. The first-order valence-electron chi connectivity index (χ1n) is 15.1. The summed E-state index contributed by atoms with van der Waals surface area (Å²) in [4.78, 5) is 0.804. The summed E-state index contributed by atoms with van der Waals surface area (Å²) in [5.41, 5.74) is 6.43. The van der Waals surface area contributed by atoms with Crippen LogP contribution in [0.15, 0.2) is 53.4 Å². The molecule has 1 aromatic heterocycles. The first-order valence-corrected chi connectivity index (χ1v) is 17.2. The summed E-state index contributed by atoms with van der Waals surface area (Å²) in [7, 11) is 3.40. The number of hydrogen-bond acceptors (Lipinski definition) is 6. The lowest BCUT2D eigenvalue weighted by Crippen LogP contribution is -2.44. The molecule has 2 aliphatic rings. The molecule has 3 unspecified atom stereocenters. The van der Waals surface area contributed by atoms with E-state index in [-0.39, 0.29) is 11.2 Å². The van der Waals surface area contributed by atoms with E-state index in [0.29, 0.717) is 38.6 Å². The van der Waals surface area contributed by atoms with E-state index in [2.05, 4.69) is 45.9 Å². The number of thiocarbonyl (C=S) groups is 1. The number of methoxy groups -OCH3 is 1.